The van der Waals surface area contributed by atoms with Gasteiger partial charge >= 0.3 is 0 Å². The van der Waals surface area contributed by atoms with Gasteiger partial charge in [0, 0.05) is 26.8 Å². The number of aryl methyl sites for hydroxylation is 1. The molecule has 2 rings (SSSR count). The van der Waals surface area contributed by atoms with Gasteiger partial charge in [0.25, 0.3) is 0 Å². The predicted molar refractivity (Wildman–Crippen MR) is 75.6 cm³/mol. The smallest absolute Gasteiger partial charge is 0.145 e. The molecule has 0 bridgehead atoms. The highest BCUT2D eigenvalue weighted by molar-refractivity contribution is 9.10. The average Bonchev–Trinajstić information content (AvgIpc) is 2.71. The maximum Gasteiger partial charge on any atom is 0.145 e. The van der Waals surface area contributed by atoms with Gasteiger partial charge in [0.05, 0.1) is 0 Å². The summed E-state index contributed by atoms with van der Waals surface area (Å²) in [4.78, 5) is 2.25. The highest BCUT2D eigenvalue weighted by atomic mass is 79.9. The summed E-state index contributed by atoms with van der Waals surface area (Å²) in [5.74, 6) is 0.140. The Morgan fingerprint density at radius 3 is 2.72 bits per heavy atom. The number of hydrogen-bond acceptors (Lipinski definition) is 3. The number of halogens is 2. The summed E-state index contributed by atoms with van der Waals surface area (Å²) in [7, 11) is 0. The summed E-state index contributed by atoms with van der Waals surface area (Å²) in [6, 6.07) is 8.49. The minimum absolute atomic E-state index is 0.239. The molecule has 1 atom stereocenters. The van der Waals surface area contributed by atoms with Crippen LogP contribution < -0.4 is 10.5 Å². The van der Waals surface area contributed by atoms with Crippen LogP contribution in [0.5, 0.6) is 5.75 Å². The van der Waals surface area contributed by atoms with Gasteiger partial charge in [-0.15, -0.1) is 11.3 Å². The van der Waals surface area contributed by atoms with Crippen molar-refractivity contribution in [2.75, 3.05) is 6.54 Å². The van der Waals surface area contributed by atoms with E-state index in [1.165, 1.54) is 17.0 Å². The van der Waals surface area contributed by atoms with Gasteiger partial charge in [-0.2, -0.15) is 0 Å². The van der Waals surface area contributed by atoms with Crippen molar-refractivity contribution in [1.29, 1.82) is 0 Å². The Morgan fingerprint density at radius 1 is 1.39 bits per heavy atom. The van der Waals surface area contributed by atoms with Crippen molar-refractivity contribution >= 4 is 27.3 Å². The number of hydrogen-bond donors (Lipinski definition) is 1. The van der Waals surface area contributed by atoms with E-state index >= 15 is 0 Å². The van der Waals surface area contributed by atoms with E-state index in [-0.39, 0.29) is 11.9 Å². The molecule has 0 spiro atoms. The van der Waals surface area contributed by atoms with Crippen molar-refractivity contribution in [3.8, 4) is 5.75 Å². The summed E-state index contributed by atoms with van der Waals surface area (Å²) in [5, 5.41) is 0. The first-order valence-electron chi connectivity index (χ1n) is 5.47. The topological polar surface area (TPSA) is 35.2 Å². The molecule has 0 saturated heterocycles. The Kier molecular flexibility index (Phi) is 4.37. The van der Waals surface area contributed by atoms with E-state index in [0.29, 0.717) is 16.8 Å². The molecule has 0 aliphatic heterocycles. The standard InChI is InChI=1S/C13H13BrFNOS/c1-8-2-3-13(18-8)12(7-16)17-11-5-9(14)4-10(15)6-11/h2-6,12H,7,16H2,1H3. The predicted octanol–water partition coefficient (Wildman–Crippen LogP) is 4.04. The fraction of sp³-hybridized carbons (Fsp3) is 0.231. The zero-order valence-corrected chi connectivity index (χ0v) is 12.2. The van der Waals surface area contributed by atoms with E-state index in [4.69, 9.17) is 10.5 Å². The lowest BCUT2D eigenvalue weighted by Gasteiger charge is -2.16. The van der Waals surface area contributed by atoms with Gasteiger partial charge < -0.3 is 10.5 Å². The molecule has 2 nitrogen and oxygen atoms in total. The van der Waals surface area contributed by atoms with Gasteiger partial charge in [0.15, 0.2) is 0 Å². The van der Waals surface area contributed by atoms with Crippen molar-refractivity contribution in [2.24, 2.45) is 5.73 Å². The molecule has 96 valence electrons. The number of nitrogens with two attached hydrogens (primary N) is 1. The molecule has 1 unspecified atom stereocenters. The first kappa shape index (κ1) is 13.5. The third kappa shape index (κ3) is 3.31. The molecule has 2 N–H and O–H groups in total. The zero-order valence-electron chi connectivity index (χ0n) is 9.82. The molecule has 0 aliphatic carbocycles. The minimum Gasteiger partial charge on any atom is -0.483 e. The Labute approximate surface area is 118 Å². The lowest BCUT2D eigenvalue weighted by Crippen LogP contribution is -2.17. The van der Waals surface area contributed by atoms with Gasteiger partial charge in [-0.25, -0.2) is 4.39 Å². The van der Waals surface area contributed by atoms with Crippen molar-refractivity contribution < 1.29 is 9.13 Å². The molecule has 18 heavy (non-hydrogen) atoms. The van der Waals surface area contributed by atoms with Crippen LogP contribution in [-0.2, 0) is 0 Å². The molecule has 0 radical (unpaired) electrons. The molecule has 1 aromatic carbocycles. The molecule has 0 amide bonds. The molecule has 5 heteroatoms. The van der Waals surface area contributed by atoms with Gasteiger partial charge in [0.1, 0.15) is 17.7 Å². The van der Waals surface area contributed by atoms with Crippen LogP contribution in [-0.4, -0.2) is 6.54 Å². The Morgan fingerprint density at radius 2 is 2.17 bits per heavy atom. The lowest BCUT2D eigenvalue weighted by atomic mass is 10.2. The zero-order chi connectivity index (χ0) is 13.1. The number of ether oxygens (including phenoxy) is 1. The number of rotatable bonds is 4. The third-order valence-electron chi connectivity index (χ3n) is 2.41. The largest absolute Gasteiger partial charge is 0.483 e. The van der Waals surface area contributed by atoms with Gasteiger partial charge in [-0.05, 0) is 31.2 Å². The van der Waals surface area contributed by atoms with E-state index in [1.54, 1.807) is 17.4 Å². The molecule has 0 aliphatic rings. The Bertz CT molecular complexity index is 523. The normalized spacial score (nSPS) is 12.4. The van der Waals surface area contributed by atoms with Crippen LogP contribution in [0.25, 0.3) is 0 Å². The fourth-order valence-electron chi connectivity index (χ4n) is 1.61. The fourth-order valence-corrected chi connectivity index (χ4v) is 2.97. The molecule has 2 aromatic rings. The summed E-state index contributed by atoms with van der Waals surface area (Å²) in [5.41, 5.74) is 5.71. The summed E-state index contributed by atoms with van der Waals surface area (Å²) < 4.78 is 19.6. The molecule has 0 saturated carbocycles. The van der Waals surface area contributed by atoms with Crippen molar-refractivity contribution in [2.45, 2.75) is 13.0 Å². The molecule has 0 fully saturated rings. The van der Waals surface area contributed by atoms with Crippen LogP contribution in [0.1, 0.15) is 15.9 Å². The molecule has 1 heterocycles. The summed E-state index contributed by atoms with van der Waals surface area (Å²) >= 11 is 4.87. The molecule has 1 aromatic heterocycles. The van der Waals surface area contributed by atoms with Crippen LogP contribution >= 0.6 is 27.3 Å². The van der Waals surface area contributed by atoms with Crippen LogP contribution in [0, 0.1) is 12.7 Å². The van der Waals surface area contributed by atoms with E-state index in [0.717, 1.165) is 4.88 Å². The summed E-state index contributed by atoms with van der Waals surface area (Å²) in [6.45, 7) is 2.38. The van der Waals surface area contributed by atoms with E-state index < -0.39 is 0 Å². The van der Waals surface area contributed by atoms with E-state index in [2.05, 4.69) is 15.9 Å². The van der Waals surface area contributed by atoms with Gasteiger partial charge in [-0.1, -0.05) is 15.9 Å². The van der Waals surface area contributed by atoms with E-state index in [9.17, 15) is 4.39 Å². The second kappa shape index (κ2) is 5.82. The highest BCUT2D eigenvalue weighted by Gasteiger charge is 2.14. The van der Waals surface area contributed by atoms with Crippen LogP contribution in [0.3, 0.4) is 0 Å². The lowest BCUT2D eigenvalue weighted by molar-refractivity contribution is 0.217. The van der Waals surface area contributed by atoms with Crippen LogP contribution in [0.2, 0.25) is 0 Å². The van der Waals surface area contributed by atoms with Gasteiger partial charge in [0.2, 0.25) is 0 Å². The average molecular weight is 330 g/mol. The molecular formula is C13H13BrFNOS. The summed E-state index contributed by atoms with van der Waals surface area (Å²) in [6.07, 6.45) is -0.239. The Hall–Kier alpha value is -0.910. The van der Waals surface area contributed by atoms with Crippen molar-refractivity contribution in [1.82, 2.24) is 0 Å². The maximum atomic E-state index is 13.3. The highest BCUT2D eigenvalue weighted by Crippen LogP contribution is 2.29. The monoisotopic (exact) mass is 329 g/mol. The van der Waals surface area contributed by atoms with Crippen LogP contribution in [0.4, 0.5) is 4.39 Å². The van der Waals surface area contributed by atoms with Crippen molar-refractivity contribution in [3.63, 3.8) is 0 Å². The molecular weight excluding hydrogens is 317 g/mol. The first-order valence-corrected chi connectivity index (χ1v) is 7.08. The number of benzene rings is 1. The van der Waals surface area contributed by atoms with E-state index in [1.807, 2.05) is 19.1 Å². The Balaban J connectivity index is 2.20. The second-order valence-electron chi connectivity index (χ2n) is 3.90. The minimum atomic E-state index is -0.336. The maximum absolute atomic E-state index is 13.3. The first-order chi connectivity index (χ1) is 8.58. The second-order valence-corrected chi connectivity index (χ2v) is 6.13. The number of thiophene rings is 1. The van der Waals surface area contributed by atoms with Crippen LogP contribution in [0.15, 0.2) is 34.8 Å². The van der Waals surface area contributed by atoms with Gasteiger partial charge in [-0.3, -0.25) is 0 Å². The van der Waals surface area contributed by atoms with Crippen molar-refractivity contribution in [3.05, 3.63) is 50.4 Å². The SMILES string of the molecule is Cc1ccc(C(CN)Oc2cc(F)cc(Br)c2)s1. The third-order valence-corrected chi connectivity index (χ3v) is 3.96. The quantitative estimate of drug-likeness (QED) is 0.918.